The average molecular weight is 321 g/mol. The molecule has 2 rings (SSSR count). The molecule has 22 heavy (non-hydrogen) atoms. The Bertz CT molecular complexity index is 646. The number of nitrogen functional groups attached to an aromatic ring is 1. The second-order valence-corrected chi connectivity index (χ2v) is 5.32. The SMILES string of the molecule is Nc1ccc(C(O)C(CO)NC(=O)c2cccc(Cl)c2)cc1. The van der Waals surface area contributed by atoms with E-state index in [-0.39, 0.29) is 0 Å². The Kier molecular flexibility index (Phi) is 5.38. The quantitative estimate of drug-likeness (QED) is 0.631. The monoisotopic (exact) mass is 320 g/mol. The molecule has 0 aromatic heterocycles. The van der Waals surface area contributed by atoms with Crippen molar-refractivity contribution in [3.05, 3.63) is 64.7 Å². The minimum absolute atomic E-state index is 0.357. The lowest BCUT2D eigenvalue weighted by atomic mass is 10.0. The number of anilines is 1. The van der Waals surface area contributed by atoms with E-state index in [0.29, 0.717) is 21.8 Å². The molecule has 2 unspecified atom stereocenters. The molecule has 2 atom stereocenters. The molecule has 0 aliphatic heterocycles. The number of amides is 1. The van der Waals surface area contributed by atoms with Gasteiger partial charge in [0.25, 0.3) is 5.91 Å². The summed E-state index contributed by atoms with van der Waals surface area (Å²) in [6.07, 6.45) is -1.05. The van der Waals surface area contributed by atoms with Gasteiger partial charge in [0.2, 0.25) is 0 Å². The van der Waals surface area contributed by atoms with Crippen LogP contribution in [-0.2, 0) is 0 Å². The Hall–Kier alpha value is -2.08. The third-order valence-corrected chi connectivity index (χ3v) is 3.49. The van der Waals surface area contributed by atoms with Crippen molar-refractivity contribution in [1.29, 1.82) is 0 Å². The summed E-state index contributed by atoms with van der Waals surface area (Å²) < 4.78 is 0. The maximum Gasteiger partial charge on any atom is 0.251 e. The number of benzene rings is 2. The predicted molar refractivity (Wildman–Crippen MR) is 85.6 cm³/mol. The molecule has 0 fully saturated rings. The fourth-order valence-corrected chi connectivity index (χ4v) is 2.22. The van der Waals surface area contributed by atoms with Gasteiger partial charge in [0.15, 0.2) is 0 Å². The first-order chi connectivity index (χ1) is 10.5. The summed E-state index contributed by atoms with van der Waals surface area (Å²) in [7, 11) is 0. The highest BCUT2D eigenvalue weighted by atomic mass is 35.5. The van der Waals surface area contributed by atoms with Crippen molar-refractivity contribution in [3.8, 4) is 0 Å². The predicted octanol–water partition coefficient (Wildman–Crippen LogP) is 1.75. The molecule has 0 heterocycles. The van der Waals surface area contributed by atoms with E-state index in [1.54, 1.807) is 42.5 Å². The zero-order chi connectivity index (χ0) is 16.1. The maximum absolute atomic E-state index is 12.1. The van der Waals surface area contributed by atoms with Gasteiger partial charge in [-0.25, -0.2) is 0 Å². The van der Waals surface area contributed by atoms with Crippen molar-refractivity contribution >= 4 is 23.2 Å². The first kappa shape index (κ1) is 16.3. The summed E-state index contributed by atoms with van der Waals surface area (Å²) in [6, 6.07) is 12.2. The Morgan fingerprint density at radius 3 is 2.50 bits per heavy atom. The van der Waals surface area contributed by atoms with Gasteiger partial charge in [-0.05, 0) is 35.9 Å². The Labute approximate surface area is 133 Å². The smallest absolute Gasteiger partial charge is 0.251 e. The molecule has 5 nitrogen and oxygen atoms in total. The Morgan fingerprint density at radius 1 is 1.23 bits per heavy atom. The topological polar surface area (TPSA) is 95.6 Å². The van der Waals surface area contributed by atoms with Crippen molar-refractivity contribution in [2.45, 2.75) is 12.1 Å². The number of carbonyl (C=O) groups excluding carboxylic acids is 1. The standard InChI is InChI=1S/C16H17ClN2O3/c17-12-3-1-2-11(8-12)16(22)19-14(9-20)15(21)10-4-6-13(18)7-5-10/h1-8,14-15,20-21H,9,18H2,(H,19,22). The van der Waals surface area contributed by atoms with Crippen LogP contribution in [0.1, 0.15) is 22.0 Å². The molecule has 0 radical (unpaired) electrons. The summed E-state index contributed by atoms with van der Waals surface area (Å²) in [5.41, 5.74) is 7.07. The van der Waals surface area contributed by atoms with Gasteiger partial charge in [-0.2, -0.15) is 0 Å². The Balaban J connectivity index is 2.11. The molecular weight excluding hydrogens is 304 g/mol. The molecule has 0 spiro atoms. The Morgan fingerprint density at radius 2 is 1.91 bits per heavy atom. The van der Waals surface area contributed by atoms with Crippen LogP contribution in [-0.4, -0.2) is 28.8 Å². The number of hydrogen-bond acceptors (Lipinski definition) is 4. The number of nitrogens with two attached hydrogens (primary N) is 1. The molecule has 1 amide bonds. The lowest BCUT2D eigenvalue weighted by molar-refractivity contribution is 0.0703. The van der Waals surface area contributed by atoms with Crippen LogP contribution in [0.25, 0.3) is 0 Å². The number of rotatable bonds is 5. The van der Waals surface area contributed by atoms with Crippen molar-refractivity contribution in [2.75, 3.05) is 12.3 Å². The van der Waals surface area contributed by atoms with Crippen molar-refractivity contribution in [2.24, 2.45) is 0 Å². The van der Waals surface area contributed by atoms with Gasteiger partial charge < -0.3 is 21.3 Å². The van der Waals surface area contributed by atoms with Crippen molar-refractivity contribution in [3.63, 3.8) is 0 Å². The van der Waals surface area contributed by atoms with Gasteiger partial charge >= 0.3 is 0 Å². The summed E-state index contributed by atoms with van der Waals surface area (Å²) in [5, 5.41) is 22.7. The fraction of sp³-hybridized carbons (Fsp3) is 0.188. The minimum atomic E-state index is -1.05. The third-order valence-electron chi connectivity index (χ3n) is 3.26. The average Bonchev–Trinajstić information content (AvgIpc) is 2.52. The van der Waals surface area contributed by atoms with Crippen molar-refractivity contribution < 1.29 is 15.0 Å². The van der Waals surface area contributed by atoms with Crippen LogP contribution in [0.3, 0.4) is 0 Å². The lowest BCUT2D eigenvalue weighted by Crippen LogP contribution is -2.41. The van der Waals surface area contributed by atoms with Crippen molar-refractivity contribution in [1.82, 2.24) is 5.32 Å². The van der Waals surface area contributed by atoms with Gasteiger partial charge in [-0.1, -0.05) is 29.8 Å². The summed E-state index contributed by atoms with van der Waals surface area (Å²) >= 11 is 5.84. The van der Waals surface area contributed by atoms with E-state index in [9.17, 15) is 15.0 Å². The van der Waals surface area contributed by atoms with E-state index >= 15 is 0 Å². The van der Waals surface area contributed by atoms with Crippen LogP contribution >= 0.6 is 11.6 Å². The first-order valence-electron chi connectivity index (χ1n) is 6.72. The molecule has 0 bridgehead atoms. The summed E-state index contributed by atoms with van der Waals surface area (Å²) in [4.78, 5) is 12.1. The van der Waals surface area contributed by atoms with Crippen LogP contribution in [0.2, 0.25) is 5.02 Å². The van der Waals surface area contributed by atoms with Crippen LogP contribution in [0, 0.1) is 0 Å². The largest absolute Gasteiger partial charge is 0.399 e. The number of nitrogens with one attached hydrogen (secondary N) is 1. The van der Waals surface area contributed by atoms with Gasteiger partial charge in [-0.3, -0.25) is 4.79 Å². The number of aliphatic hydroxyl groups is 2. The molecule has 2 aromatic carbocycles. The van der Waals surface area contributed by atoms with Crippen LogP contribution in [0.5, 0.6) is 0 Å². The molecule has 5 N–H and O–H groups in total. The second kappa shape index (κ2) is 7.26. The van der Waals surface area contributed by atoms with Crippen LogP contribution in [0.15, 0.2) is 48.5 Å². The molecule has 0 saturated carbocycles. The van der Waals surface area contributed by atoms with E-state index in [2.05, 4.69) is 5.32 Å². The number of halogens is 1. The maximum atomic E-state index is 12.1. The molecule has 0 aliphatic carbocycles. The molecular formula is C16H17ClN2O3. The van der Waals surface area contributed by atoms with E-state index in [1.807, 2.05) is 0 Å². The van der Waals surface area contributed by atoms with E-state index < -0.39 is 24.7 Å². The highest BCUT2D eigenvalue weighted by Gasteiger charge is 2.22. The first-order valence-corrected chi connectivity index (χ1v) is 7.10. The molecule has 116 valence electrons. The summed E-state index contributed by atoms with van der Waals surface area (Å²) in [6.45, 7) is -0.405. The number of carbonyl (C=O) groups is 1. The summed E-state index contributed by atoms with van der Waals surface area (Å²) in [5.74, 6) is -0.420. The van der Waals surface area contributed by atoms with Gasteiger partial charge in [0, 0.05) is 16.3 Å². The molecule has 0 saturated heterocycles. The van der Waals surface area contributed by atoms with Gasteiger partial charge in [0.05, 0.1) is 12.6 Å². The number of hydrogen-bond donors (Lipinski definition) is 4. The molecule has 0 aliphatic rings. The van der Waals surface area contributed by atoms with Crippen LogP contribution < -0.4 is 11.1 Å². The lowest BCUT2D eigenvalue weighted by Gasteiger charge is -2.22. The highest BCUT2D eigenvalue weighted by Crippen LogP contribution is 2.19. The van der Waals surface area contributed by atoms with E-state index in [1.165, 1.54) is 6.07 Å². The zero-order valence-electron chi connectivity index (χ0n) is 11.7. The van der Waals surface area contributed by atoms with Gasteiger partial charge in [0.1, 0.15) is 6.10 Å². The fourth-order valence-electron chi connectivity index (χ4n) is 2.03. The molecule has 2 aromatic rings. The van der Waals surface area contributed by atoms with E-state index in [0.717, 1.165) is 0 Å². The van der Waals surface area contributed by atoms with Crippen LogP contribution in [0.4, 0.5) is 5.69 Å². The zero-order valence-corrected chi connectivity index (χ0v) is 12.5. The minimum Gasteiger partial charge on any atom is -0.399 e. The second-order valence-electron chi connectivity index (χ2n) is 4.88. The number of aliphatic hydroxyl groups excluding tert-OH is 2. The van der Waals surface area contributed by atoms with E-state index in [4.69, 9.17) is 17.3 Å². The molecule has 6 heteroatoms. The third kappa shape index (κ3) is 3.98. The van der Waals surface area contributed by atoms with Gasteiger partial charge in [-0.15, -0.1) is 0 Å². The highest BCUT2D eigenvalue weighted by molar-refractivity contribution is 6.30. The normalized spacial score (nSPS) is 13.4.